The highest BCUT2D eigenvalue weighted by molar-refractivity contribution is 5.87. The molecule has 0 saturated carbocycles. The molecule has 4 nitrogen and oxygen atoms in total. The third-order valence-corrected chi connectivity index (χ3v) is 2.90. The maximum Gasteiger partial charge on any atom is 0.335 e. The van der Waals surface area contributed by atoms with Crippen LogP contribution < -0.4 is 4.74 Å². The van der Waals surface area contributed by atoms with Gasteiger partial charge in [-0.25, -0.2) is 9.18 Å². The standard InChI is InChI=1S/C16H15FO4/c1-20-9-11-3-2-4-14(7-11)21-10-13-6-5-12(16(18)19)8-15(13)17/h2-8H,9-10H2,1H3,(H,18,19). The Kier molecular flexibility index (Phi) is 4.90. The number of methoxy groups -OCH3 is 1. The topological polar surface area (TPSA) is 55.8 Å². The van der Waals surface area contributed by atoms with E-state index in [-0.39, 0.29) is 12.2 Å². The van der Waals surface area contributed by atoms with E-state index in [0.29, 0.717) is 17.9 Å². The van der Waals surface area contributed by atoms with Crippen LogP contribution >= 0.6 is 0 Å². The largest absolute Gasteiger partial charge is 0.489 e. The minimum Gasteiger partial charge on any atom is -0.489 e. The Hall–Kier alpha value is -2.40. The number of aromatic carboxylic acids is 1. The fourth-order valence-corrected chi connectivity index (χ4v) is 1.85. The molecule has 21 heavy (non-hydrogen) atoms. The maximum absolute atomic E-state index is 13.7. The van der Waals surface area contributed by atoms with Crippen molar-refractivity contribution in [1.29, 1.82) is 0 Å². The molecule has 1 N–H and O–H groups in total. The van der Waals surface area contributed by atoms with Crippen LogP contribution in [0.2, 0.25) is 0 Å². The van der Waals surface area contributed by atoms with Crippen molar-refractivity contribution in [1.82, 2.24) is 0 Å². The quantitative estimate of drug-likeness (QED) is 0.887. The van der Waals surface area contributed by atoms with Gasteiger partial charge in [-0.15, -0.1) is 0 Å². The van der Waals surface area contributed by atoms with Crippen LogP contribution in [-0.4, -0.2) is 18.2 Å². The average Bonchev–Trinajstić information content (AvgIpc) is 2.46. The van der Waals surface area contributed by atoms with E-state index in [1.54, 1.807) is 13.2 Å². The number of hydrogen-bond acceptors (Lipinski definition) is 3. The molecular weight excluding hydrogens is 275 g/mol. The van der Waals surface area contributed by atoms with E-state index in [4.69, 9.17) is 14.6 Å². The number of carboxylic acids is 1. The van der Waals surface area contributed by atoms with E-state index in [9.17, 15) is 9.18 Å². The van der Waals surface area contributed by atoms with E-state index in [0.717, 1.165) is 11.6 Å². The molecule has 0 aliphatic rings. The summed E-state index contributed by atoms with van der Waals surface area (Å²) in [4.78, 5) is 10.7. The first-order chi connectivity index (χ1) is 10.1. The van der Waals surface area contributed by atoms with Crippen LogP contribution in [0, 0.1) is 5.82 Å². The Morgan fingerprint density at radius 1 is 1.19 bits per heavy atom. The van der Waals surface area contributed by atoms with Crippen LogP contribution in [0.4, 0.5) is 4.39 Å². The van der Waals surface area contributed by atoms with Gasteiger partial charge in [-0.05, 0) is 29.8 Å². The Labute approximate surface area is 121 Å². The zero-order valence-corrected chi connectivity index (χ0v) is 11.5. The third-order valence-electron chi connectivity index (χ3n) is 2.90. The van der Waals surface area contributed by atoms with Gasteiger partial charge in [0, 0.05) is 12.7 Å². The highest BCUT2D eigenvalue weighted by Gasteiger charge is 2.09. The van der Waals surface area contributed by atoms with Gasteiger partial charge in [-0.3, -0.25) is 0 Å². The molecule has 2 rings (SSSR count). The highest BCUT2D eigenvalue weighted by atomic mass is 19.1. The summed E-state index contributed by atoms with van der Waals surface area (Å²) in [5, 5.41) is 8.78. The molecule has 0 bridgehead atoms. The first-order valence-corrected chi connectivity index (χ1v) is 6.32. The summed E-state index contributed by atoms with van der Waals surface area (Å²) >= 11 is 0. The van der Waals surface area contributed by atoms with Crippen LogP contribution in [-0.2, 0) is 18.0 Å². The second kappa shape index (κ2) is 6.85. The molecule has 0 aromatic heterocycles. The molecule has 0 atom stereocenters. The predicted octanol–water partition coefficient (Wildman–Crippen LogP) is 3.25. The highest BCUT2D eigenvalue weighted by Crippen LogP contribution is 2.17. The second-order valence-corrected chi connectivity index (χ2v) is 4.48. The van der Waals surface area contributed by atoms with Crippen LogP contribution in [0.5, 0.6) is 5.75 Å². The van der Waals surface area contributed by atoms with Crippen LogP contribution in [0.15, 0.2) is 42.5 Å². The van der Waals surface area contributed by atoms with Gasteiger partial charge in [0.2, 0.25) is 0 Å². The van der Waals surface area contributed by atoms with Crippen molar-refractivity contribution in [3.05, 3.63) is 65.0 Å². The molecular formula is C16H15FO4. The summed E-state index contributed by atoms with van der Waals surface area (Å²) in [5.74, 6) is -1.15. The monoisotopic (exact) mass is 290 g/mol. The van der Waals surface area contributed by atoms with Crippen molar-refractivity contribution in [2.24, 2.45) is 0 Å². The van der Waals surface area contributed by atoms with Gasteiger partial charge in [0.25, 0.3) is 0 Å². The van der Waals surface area contributed by atoms with Crippen molar-refractivity contribution < 1.29 is 23.8 Å². The molecule has 110 valence electrons. The number of carbonyl (C=O) groups is 1. The normalized spacial score (nSPS) is 10.4. The van der Waals surface area contributed by atoms with E-state index >= 15 is 0 Å². The summed E-state index contributed by atoms with van der Waals surface area (Å²) in [6.45, 7) is 0.501. The van der Waals surface area contributed by atoms with Gasteiger partial charge in [0.05, 0.1) is 12.2 Å². The van der Waals surface area contributed by atoms with Crippen molar-refractivity contribution in [3.63, 3.8) is 0 Å². The van der Waals surface area contributed by atoms with Crippen LogP contribution in [0.3, 0.4) is 0 Å². The molecule has 0 saturated heterocycles. The van der Waals surface area contributed by atoms with Gasteiger partial charge >= 0.3 is 5.97 Å². The smallest absolute Gasteiger partial charge is 0.335 e. The summed E-state index contributed by atoms with van der Waals surface area (Å²) in [6.07, 6.45) is 0. The summed E-state index contributed by atoms with van der Waals surface area (Å²) in [6, 6.07) is 11.1. The predicted molar refractivity (Wildman–Crippen MR) is 74.8 cm³/mol. The number of ether oxygens (including phenoxy) is 2. The molecule has 0 heterocycles. The summed E-state index contributed by atoms with van der Waals surface area (Å²) in [5.41, 5.74) is 1.17. The number of rotatable bonds is 6. The van der Waals surface area contributed by atoms with Crippen molar-refractivity contribution in [3.8, 4) is 5.75 Å². The Bertz CT molecular complexity index is 640. The molecule has 0 fully saturated rings. The van der Waals surface area contributed by atoms with Gasteiger partial charge in [-0.2, -0.15) is 0 Å². The number of hydrogen-bond donors (Lipinski definition) is 1. The maximum atomic E-state index is 13.7. The number of carboxylic acid groups (broad SMARTS) is 1. The molecule has 0 spiro atoms. The zero-order valence-electron chi connectivity index (χ0n) is 11.5. The molecule has 0 radical (unpaired) electrons. The lowest BCUT2D eigenvalue weighted by Crippen LogP contribution is -2.02. The molecule has 0 amide bonds. The molecule has 2 aromatic rings. The number of benzene rings is 2. The van der Waals surface area contributed by atoms with Crippen molar-refractivity contribution in [2.75, 3.05) is 7.11 Å². The minimum absolute atomic E-state index is 0.0299. The molecule has 0 unspecified atom stereocenters. The lowest BCUT2D eigenvalue weighted by atomic mass is 10.1. The molecule has 0 aliphatic heterocycles. The van der Waals surface area contributed by atoms with Crippen LogP contribution in [0.25, 0.3) is 0 Å². The zero-order chi connectivity index (χ0) is 15.2. The van der Waals surface area contributed by atoms with Crippen molar-refractivity contribution in [2.45, 2.75) is 13.2 Å². The number of halogens is 1. The Balaban J connectivity index is 2.06. The van der Waals surface area contributed by atoms with Crippen LogP contribution in [0.1, 0.15) is 21.5 Å². The Morgan fingerprint density at radius 2 is 2.00 bits per heavy atom. The van der Waals surface area contributed by atoms with E-state index < -0.39 is 11.8 Å². The van der Waals surface area contributed by atoms with Gasteiger partial charge < -0.3 is 14.6 Å². The van der Waals surface area contributed by atoms with Gasteiger partial charge in [0.15, 0.2) is 0 Å². The molecule has 2 aromatic carbocycles. The minimum atomic E-state index is -1.16. The second-order valence-electron chi connectivity index (χ2n) is 4.48. The van der Waals surface area contributed by atoms with Gasteiger partial charge in [0.1, 0.15) is 18.2 Å². The molecule has 5 heteroatoms. The SMILES string of the molecule is COCc1cccc(OCc2ccc(C(=O)O)cc2F)c1. The van der Waals surface area contributed by atoms with E-state index in [2.05, 4.69) is 0 Å². The fraction of sp³-hybridized carbons (Fsp3) is 0.188. The fourth-order valence-electron chi connectivity index (χ4n) is 1.85. The third kappa shape index (κ3) is 4.03. The van der Waals surface area contributed by atoms with Crippen molar-refractivity contribution >= 4 is 5.97 Å². The first kappa shape index (κ1) is 15.0. The van der Waals surface area contributed by atoms with Gasteiger partial charge in [-0.1, -0.05) is 18.2 Å². The summed E-state index contributed by atoms with van der Waals surface area (Å²) in [7, 11) is 1.60. The van der Waals surface area contributed by atoms with E-state index in [1.165, 1.54) is 12.1 Å². The average molecular weight is 290 g/mol. The first-order valence-electron chi connectivity index (χ1n) is 6.32. The Morgan fingerprint density at radius 3 is 2.67 bits per heavy atom. The lowest BCUT2D eigenvalue weighted by molar-refractivity contribution is 0.0696. The molecule has 0 aliphatic carbocycles. The lowest BCUT2D eigenvalue weighted by Gasteiger charge is -2.09. The van der Waals surface area contributed by atoms with E-state index in [1.807, 2.05) is 18.2 Å². The summed E-state index contributed by atoms with van der Waals surface area (Å²) < 4.78 is 24.3.